The molecule has 0 aliphatic carbocycles. The molecule has 1 aromatic rings. The molecule has 0 aromatic carbocycles. The first-order chi connectivity index (χ1) is 11.4. The molecule has 0 saturated carbocycles. The van der Waals surface area contributed by atoms with Crippen LogP contribution < -0.4 is 15.5 Å². The molecule has 0 bridgehead atoms. The Morgan fingerprint density at radius 2 is 1.83 bits per heavy atom. The standard InChI is InChI=1S/C19H35N5/c1-6-16-9-7-8-10-24(16)19-17(20)18(21-13-22-19)23(11-14(2)3)12-15(4)5/h13-16H,6-12,20H2,1-5H3. The largest absolute Gasteiger partial charge is 0.393 e. The lowest BCUT2D eigenvalue weighted by Gasteiger charge is -2.37. The molecule has 1 unspecified atom stereocenters. The van der Waals surface area contributed by atoms with Gasteiger partial charge in [0.1, 0.15) is 12.0 Å². The SMILES string of the molecule is CCC1CCCCN1c1ncnc(N(CC(C)C)CC(C)C)c1N. The first kappa shape index (κ1) is 18.8. The van der Waals surface area contributed by atoms with Gasteiger partial charge in [-0.2, -0.15) is 0 Å². The summed E-state index contributed by atoms with van der Waals surface area (Å²) >= 11 is 0. The predicted octanol–water partition coefficient (Wildman–Crippen LogP) is 3.95. The molecule has 1 atom stereocenters. The molecule has 136 valence electrons. The van der Waals surface area contributed by atoms with Crippen molar-refractivity contribution < 1.29 is 0 Å². The molecule has 0 radical (unpaired) electrons. The molecule has 1 aliphatic rings. The van der Waals surface area contributed by atoms with Gasteiger partial charge in [-0.3, -0.25) is 0 Å². The first-order valence-corrected chi connectivity index (χ1v) is 9.56. The number of nitrogens with two attached hydrogens (primary N) is 1. The average Bonchev–Trinajstić information content (AvgIpc) is 2.53. The van der Waals surface area contributed by atoms with Gasteiger partial charge in [-0.05, 0) is 37.5 Å². The van der Waals surface area contributed by atoms with Crippen molar-refractivity contribution in [3.63, 3.8) is 0 Å². The van der Waals surface area contributed by atoms with Crippen LogP contribution >= 0.6 is 0 Å². The van der Waals surface area contributed by atoms with Gasteiger partial charge in [0.15, 0.2) is 11.6 Å². The highest BCUT2D eigenvalue weighted by molar-refractivity contribution is 5.76. The van der Waals surface area contributed by atoms with Gasteiger partial charge in [0.2, 0.25) is 0 Å². The molecular weight excluding hydrogens is 298 g/mol. The monoisotopic (exact) mass is 333 g/mol. The quantitative estimate of drug-likeness (QED) is 0.819. The number of nitrogen functional groups attached to an aromatic ring is 1. The van der Waals surface area contributed by atoms with E-state index in [0.29, 0.717) is 17.9 Å². The summed E-state index contributed by atoms with van der Waals surface area (Å²) in [7, 11) is 0. The second-order valence-electron chi connectivity index (χ2n) is 7.88. The normalized spacial score (nSPS) is 18.5. The van der Waals surface area contributed by atoms with E-state index in [4.69, 9.17) is 5.73 Å². The van der Waals surface area contributed by atoms with Crippen molar-refractivity contribution in [2.45, 2.75) is 66.3 Å². The maximum Gasteiger partial charge on any atom is 0.157 e. The average molecular weight is 334 g/mol. The molecule has 1 aliphatic heterocycles. The number of anilines is 3. The molecule has 1 saturated heterocycles. The molecule has 5 heteroatoms. The predicted molar refractivity (Wildman–Crippen MR) is 104 cm³/mol. The van der Waals surface area contributed by atoms with Crippen molar-refractivity contribution in [2.75, 3.05) is 35.2 Å². The number of aromatic nitrogens is 2. The molecule has 2 N–H and O–H groups in total. The van der Waals surface area contributed by atoms with Crippen LogP contribution in [0.4, 0.5) is 17.3 Å². The van der Waals surface area contributed by atoms with Gasteiger partial charge in [-0.15, -0.1) is 0 Å². The van der Waals surface area contributed by atoms with E-state index in [2.05, 4.69) is 54.4 Å². The summed E-state index contributed by atoms with van der Waals surface area (Å²) in [4.78, 5) is 13.9. The van der Waals surface area contributed by atoms with Gasteiger partial charge in [-0.1, -0.05) is 34.6 Å². The zero-order valence-corrected chi connectivity index (χ0v) is 16.1. The third-order valence-corrected chi connectivity index (χ3v) is 4.68. The Hall–Kier alpha value is -1.52. The van der Waals surface area contributed by atoms with Crippen molar-refractivity contribution in [3.05, 3.63) is 6.33 Å². The van der Waals surface area contributed by atoms with Gasteiger partial charge < -0.3 is 15.5 Å². The fourth-order valence-corrected chi connectivity index (χ4v) is 3.69. The minimum atomic E-state index is 0.549. The summed E-state index contributed by atoms with van der Waals surface area (Å²) in [6.07, 6.45) is 6.59. The van der Waals surface area contributed by atoms with E-state index in [-0.39, 0.29) is 0 Å². The van der Waals surface area contributed by atoms with Crippen molar-refractivity contribution in [1.29, 1.82) is 0 Å². The molecule has 24 heavy (non-hydrogen) atoms. The summed E-state index contributed by atoms with van der Waals surface area (Å²) in [5.74, 6) is 2.98. The molecule has 1 fully saturated rings. The molecule has 0 amide bonds. The fourth-order valence-electron chi connectivity index (χ4n) is 3.69. The minimum absolute atomic E-state index is 0.549. The summed E-state index contributed by atoms with van der Waals surface area (Å²) < 4.78 is 0. The Balaban J connectivity index is 2.33. The third-order valence-electron chi connectivity index (χ3n) is 4.68. The Morgan fingerprint density at radius 3 is 2.42 bits per heavy atom. The highest BCUT2D eigenvalue weighted by atomic mass is 15.3. The summed E-state index contributed by atoms with van der Waals surface area (Å²) in [6, 6.07) is 0.549. The minimum Gasteiger partial charge on any atom is -0.393 e. The smallest absolute Gasteiger partial charge is 0.157 e. The van der Waals surface area contributed by atoms with E-state index in [1.807, 2.05) is 0 Å². The Labute approximate surface area is 147 Å². The van der Waals surface area contributed by atoms with Crippen molar-refractivity contribution in [2.24, 2.45) is 11.8 Å². The Kier molecular flexibility index (Phi) is 6.69. The zero-order chi connectivity index (χ0) is 17.7. The maximum absolute atomic E-state index is 6.58. The maximum atomic E-state index is 6.58. The summed E-state index contributed by atoms with van der Waals surface area (Å²) in [5, 5.41) is 0. The molecule has 1 aromatic heterocycles. The van der Waals surface area contributed by atoms with Crippen LogP contribution in [0.1, 0.15) is 60.3 Å². The van der Waals surface area contributed by atoms with Crippen LogP contribution in [-0.2, 0) is 0 Å². The van der Waals surface area contributed by atoms with Gasteiger partial charge in [0, 0.05) is 25.7 Å². The number of hydrogen-bond donors (Lipinski definition) is 1. The van der Waals surface area contributed by atoms with E-state index in [9.17, 15) is 0 Å². The van der Waals surface area contributed by atoms with Crippen LogP contribution in [0.5, 0.6) is 0 Å². The number of hydrogen-bond acceptors (Lipinski definition) is 5. The van der Waals surface area contributed by atoms with E-state index < -0.39 is 0 Å². The molecule has 5 nitrogen and oxygen atoms in total. The lowest BCUT2D eigenvalue weighted by molar-refractivity contribution is 0.447. The van der Waals surface area contributed by atoms with Crippen LogP contribution in [0.2, 0.25) is 0 Å². The van der Waals surface area contributed by atoms with Crippen molar-refractivity contribution >= 4 is 17.3 Å². The zero-order valence-electron chi connectivity index (χ0n) is 16.1. The van der Waals surface area contributed by atoms with Crippen LogP contribution in [0.3, 0.4) is 0 Å². The lowest BCUT2D eigenvalue weighted by atomic mass is 10.00. The summed E-state index contributed by atoms with van der Waals surface area (Å²) in [5.41, 5.74) is 7.32. The van der Waals surface area contributed by atoms with E-state index >= 15 is 0 Å². The van der Waals surface area contributed by atoms with Crippen LogP contribution in [0, 0.1) is 11.8 Å². The summed E-state index contributed by atoms with van der Waals surface area (Å²) in [6.45, 7) is 14.2. The molecule has 2 rings (SSSR count). The molecule has 0 spiro atoms. The highest BCUT2D eigenvalue weighted by Gasteiger charge is 2.26. The molecular formula is C19H35N5. The number of rotatable bonds is 7. The van der Waals surface area contributed by atoms with Gasteiger partial charge >= 0.3 is 0 Å². The van der Waals surface area contributed by atoms with E-state index in [0.717, 1.165) is 43.4 Å². The van der Waals surface area contributed by atoms with Gasteiger partial charge in [0.05, 0.1) is 0 Å². The fraction of sp³-hybridized carbons (Fsp3) is 0.789. The van der Waals surface area contributed by atoms with Crippen LogP contribution in [0.15, 0.2) is 6.33 Å². The first-order valence-electron chi connectivity index (χ1n) is 9.56. The Morgan fingerprint density at radius 1 is 1.17 bits per heavy atom. The Bertz CT molecular complexity index is 504. The van der Waals surface area contributed by atoms with Crippen molar-refractivity contribution in [3.8, 4) is 0 Å². The third kappa shape index (κ3) is 4.52. The topological polar surface area (TPSA) is 58.3 Å². The second kappa shape index (κ2) is 8.54. The van der Waals surface area contributed by atoms with Crippen LogP contribution in [-0.4, -0.2) is 35.6 Å². The number of piperidine rings is 1. The van der Waals surface area contributed by atoms with Gasteiger partial charge in [0.25, 0.3) is 0 Å². The highest BCUT2D eigenvalue weighted by Crippen LogP contribution is 2.34. The lowest BCUT2D eigenvalue weighted by Crippen LogP contribution is -2.40. The van der Waals surface area contributed by atoms with Gasteiger partial charge in [-0.25, -0.2) is 9.97 Å². The van der Waals surface area contributed by atoms with E-state index in [1.165, 1.54) is 19.3 Å². The van der Waals surface area contributed by atoms with E-state index in [1.54, 1.807) is 6.33 Å². The van der Waals surface area contributed by atoms with Crippen molar-refractivity contribution in [1.82, 2.24) is 9.97 Å². The molecule has 2 heterocycles. The van der Waals surface area contributed by atoms with Crippen LogP contribution in [0.25, 0.3) is 0 Å². The second-order valence-corrected chi connectivity index (χ2v) is 7.88. The number of nitrogens with zero attached hydrogens (tertiary/aromatic N) is 4.